The van der Waals surface area contributed by atoms with Crippen LogP contribution in [0.1, 0.15) is 18.9 Å². The third kappa shape index (κ3) is 2.96. The minimum absolute atomic E-state index is 0.268. The van der Waals surface area contributed by atoms with Gasteiger partial charge in [-0.2, -0.15) is 0 Å². The van der Waals surface area contributed by atoms with E-state index in [2.05, 4.69) is 6.92 Å². The van der Waals surface area contributed by atoms with E-state index in [0.29, 0.717) is 10.6 Å². The summed E-state index contributed by atoms with van der Waals surface area (Å²) in [5.41, 5.74) is 7.27. The van der Waals surface area contributed by atoms with Crippen LogP contribution in [-0.4, -0.2) is 8.42 Å². The lowest BCUT2D eigenvalue weighted by atomic mass is 10.1. The van der Waals surface area contributed by atoms with E-state index in [1.165, 1.54) is 12.1 Å². The van der Waals surface area contributed by atoms with Crippen LogP contribution in [0.4, 0.5) is 5.69 Å². The summed E-state index contributed by atoms with van der Waals surface area (Å²) in [5, 5.41) is 0. The molecule has 0 fully saturated rings. The highest BCUT2D eigenvalue weighted by molar-refractivity contribution is 7.91. The lowest BCUT2D eigenvalue weighted by Crippen LogP contribution is -2.02. The maximum atomic E-state index is 12.4. The van der Waals surface area contributed by atoms with Crippen molar-refractivity contribution in [3.8, 4) is 0 Å². The number of rotatable bonds is 4. The number of nitrogen functional groups attached to an aromatic ring is 1. The highest BCUT2D eigenvalue weighted by Gasteiger charge is 2.16. The summed E-state index contributed by atoms with van der Waals surface area (Å²) in [4.78, 5) is 0.585. The van der Waals surface area contributed by atoms with Crippen LogP contribution in [0, 0.1) is 0 Å². The van der Waals surface area contributed by atoms with Gasteiger partial charge in [0.1, 0.15) is 0 Å². The van der Waals surface area contributed by atoms with Crippen LogP contribution in [0.15, 0.2) is 58.3 Å². The molecule has 0 aromatic heterocycles. The highest BCUT2D eigenvalue weighted by atomic mass is 32.2. The van der Waals surface area contributed by atoms with Crippen molar-refractivity contribution < 1.29 is 8.42 Å². The topological polar surface area (TPSA) is 60.2 Å². The average Bonchev–Trinajstić information content (AvgIpc) is 2.40. The van der Waals surface area contributed by atoms with Gasteiger partial charge in [0, 0.05) is 5.69 Å². The monoisotopic (exact) mass is 275 g/mol. The van der Waals surface area contributed by atoms with Crippen molar-refractivity contribution >= 4 is 15.5 Å². The van der Waals surface area contributed by atoms with Gasteiger partial charge in [-0.25, -0.2) is 8.42 Å². The van der Waals surface area contributed by atoms with Gasteiger partial charge >= 0.3 is 0 Å². The van der Waals surface area contributed by atoms with E-state index >= 15 is 0 Å². The summed E-state index contributed by atoms with van der Waals surface area (Å²) < 4.78 is 24.7. The van der Waals surface area contributed by atoms with Gasteiger partial charge in [-0.3, -0.25) is 0 Å². The van der Waals surface area contributed by atoms with Crippen molar-refractivity contribution in [1.82, 2.24) is 0 Å². The Morgan fingerprint density at radius 2 is 1.37 bits per heavy atom. The molecule has 100 valence electrons. The Bertz CT molecular complexity index is 644. The van der Waals surface area contributed by atoms with Crippen molar-refractivity contribution in [1.29, 1.82) is 0 Å². The largest absolute Gasteiger partial charge is 0.399 e. The SMILES string of the molecule is CCCc1ccc(S(=O)(=O)c2ccc(N)cc2)cc1. The number of hydrogen-bond donors (Lipinski definition) is 1. The molecule has 3 nitrogen and oxygen atoms in total. The predicted octanol–water partition coefficient (Wildman–Crippen LogP) is 3.05. The lowest BCUT2D eigenvalue weighted by Gasteiger charge is -2.06. The summed E-state index contributed by atoms with van der Waals surface area (Å²) in [6.45, 7) is 2.10. The molecule has 0 atom stereocenters. The van der Waals surface area contributed by atoms with Crippen molar-refractivity contribution in [2.24, 2.45) is 0 Å². The molecule has 2 N–H and O–H groups in total. The number of sulfone groups is 1. The standard InChI is InChI=1S/C15H17NO2S/c1-2-3-12-4-8-14(9-5-12)19(17,18)15-10-6-13(16)7-11-15/h4-11H,2-3,16H2,1H3. The second kappa shape index (κ2) is 5.45. The van der Waals surface area contributed by atoms with E-state index in [1.54, 1.807) is 24.3 Å². The van der Waals surface area contributed by atoms with Gasteiger partial charge in [0.2, 0.25) is 9.84 Å². The molecule has 0 aliphatic rings. The molecule has 2 aromatic rings. The predicted molar refractivity (Wildman–Crippen MR) is 76.7 cm³/mol. The Morgan fingerprint density at radius 1 is 0.895 bits per heavy atom. The molecule has 0 saturated heterocycles. The molecule has 2 rings (SSSR count). The Kier molecular flexibility index (Phi) is 3.90. The van der Waals surface area contributed by atoms with Gasteiger partial charge in [-0.1, -0.05) is 25.5 Å². The van der Waals surface area contributed by atoms with Crippen LogP contribution in [0.2, 0.25) is 0 Å². The van der Waals surface area contributed by atoms with E-state index in [-0.39, 0.29) is 4.90 Å². The molecule has 0 aliphatic carbocycles. The fourth-order valence-electron chi connectivity index (χ4n) is 1.91. The molecule has 0 heterocycles. The first-order chi connectivity index (χ1) is 9.04. The summed E-state index contributed by atoms with van der Waals surface area (Å²) in [6.07, 6.45) is 2.01. The fraction of sp³-hybridized carbons (Fsp3) is 0.200. The second-order valence-electron chi connectivity index (χ2n) is 4.47. The van der Waals surface area contributed by atoms with E-state index < -0.39 is 9.84 Å². The molecular formula is C15H17NO2S. The first-order valence-electron chi connectivity index (χ1n) is 6.23. The van der Waals surface area contributed by atoms with Gasteiger partial charge in [-0.05, 0) is 48.4 Å². The summed E-state index contributed by atoms with van der Waals surface area (Å²) in [5.74, 6) is 0. The fourth-order valence-corrected chi connectivity index (χ4v) is 3.17. The van der Waals surface area contributed by atoms with Gasteiger partial charge in [0.15, 0.2) is 0 Å². The normalized spacial score (nSPS) is 11.4. The zero-order chi connectivity index (χ0) is 13.9. The van der Waals surface area contributed by atoms with Gasteiger partial charge in [0.05, 0.1) is 9.79 Å². The molecule has 4 heteroatoms. The lowest BCUT2D eigenvalue weighted by molar-refractivity contribution is 0.596. The van der Waals surface area contributed by atoms with E-state index in [9.17, 15) is 8.42 Å². The maximum Gasteiger partial charge on any atom is 0.206 e. The first-order valence-corrected chi connectivity index (χ1v) is 7.72. The summed E-state index contributed by atoms with van der Waals surface area (Å²) in [7, 11) is -3.44. The van der Waals surface area contributed by atoms with E-state index in [0.717, 1.165) is 18.4 Å². The Morgan fingerprint density at radius 3 is 1.84 bits per heavy atom. The molecular weight excluding hydrogens is 258 g/mol. The minimum Gasteiger partial charge on any atom is -0.399 e. The molecule has 2 aromatic carbocycles. The Labute approximate surface area is 114 Å². The number of aryl methyl sites for hydroxylation is 1. The van der Waals surface area contributed by atoms with Gasteiger partial charge in [0.25, 0.3) is 0 Å². The average molecular weight is 275 g/mol. The zero-order valence-corrected chi connectivity index (χ0v) is 11.7. The Hall–Kier alpha value is -1.81. The number of benzene rings is 2. The van der Waals surface area contributed by atoms with Crippen LogP contribution >= 0.6 is 0 Å². The third-order valence-electron chi connectivity index (χ3n) is 2.96. The first kappa shape index (κ1) is 13.6. The van der Waals surface area contributed by atoms with Crippen molar-refractivity contribution in [2.45, 2.75) is 29.6 Å². The molecule has 19 heavy (non-hydrogen) atoms. The summed E-state index contributed by atoms with van der Waals surface area (Å²) >= 11 is 0. The highest BCUT2D eigenvalue weighted by Crippen LogP contribution is 2.22. The number of anilines is 1. The summed E-state index contributed by atoms with van der Waals surface area (Å²) in [6, 6.07) is 13.3. The Balaban J connectivity index is 2.36. The smallest absolute Gasteiger partial charge is 0.206 e. The second-order valence-corrected chi connectivity index (χ2v) is 6.42. The number of nitrogens with two attached hydrogens (primary N) is 1. The van der Waals surface area contributed by atoms with Crippen LogP contribution in [0.3, 0.4) is 0 Å². The molecule has 0 unspecified atom stereocenters. The maximum absolute atomic E-state index is 12.4. The quantitative estimate of drug-likeness (QED) is 0.872. The van der Waals surface area contributed by atoms with Crippen LogP contribution in [0.5, 0.6) is 0 Å². The van der Waals surface area contributed by atoms with Crippen molar-refractivity contribution in [3.63, 3.8) is 0 Å². The molecule has 0 spiro atoms. The molecule has 0 saturated carbocycles. The molecule has 0 aliphatic heterocycles. The van der Waals surface area contributed by atoms with Crippen LogP contribution in [-0.2, 0) is 16.3 Å². The van der Waals surface area contributed by atoms with Crippen LogP contribution in [0.25, 0.3) is 0 Å². The number of hydrogen-bond acceptors (Lipinski definition) is 3. The van der Waals surface area contributed by atoms with Crippen molar-refractivity contribution in [2.75, 3.05) is 5.73 Å². The van der Waals surface area contributed by atoms with Gasteiger partial charge in [-0.15, -0.1) is 0 Å². The third-order valence-corrected chi connectivity index (χ3v) is 4.75. The van der Waals surface area contributed by atoms with E-state index in [4.69, 9.17) is 5.73 Å². The molecule has 0 radical (unpaired) electrons. The van der Waals surface area contributed by atoms with E-state index in [1.807, 2.05) is 12.1 Å². The zero-order valence-electron chi connectivity index (χ0n) is 10.8. The van der Waals surface area contributed by atoms with Crippen molar-refractivity contribution in [3.05, 3.63) is 54.1 Å². The minimum atomic E-state index is -3.44. The van der Waals surface area contributed by atoms with Gasteiger partial charge < -0.3 is 5.73 Å². The van der Waals surface area contributed by atoms with Crippen LogP contribution < -0.4 is 5.73 Å². The molecule has 0 bridgehead atoms. The molecule has 0 amide bonds.